The van der Waals surface area contributed by atoms with E-state index in [0.29, 0.717) is 30.7 Å². The van der Waals surface area contributed by atoms with Gasteiger partial charge in [-0.15, -0.1) is 0 Å². The van der Waals surface area contributed by atoms with E-state index in [9.17, 15) is 13.6 Å². The molecule has 128 valence electrons. The van der Waals surface area contributed by atoms with E-state index in [0.717, 1.165) is 12.8 Å². The first-order chi connectivity index (χ1) is 11.0. The summed E-state index contributed by atoms with van der Waals surface area (Å²) in [6, 6.07) is 4.87. The van der Waals surface area contributed by atoms with Crippen molar-refractivity contribution in [1.82, 2.24) is 5.32 Å². The molecule has 1 aliphatic carbocycles. The Balaban J connectivity index is 1.95. The van der Waals surface area contributed by atoms with Crippen molar-refractivity contribution < 1.29 is 28.2 Å². The molecule has 5 nitrogen and oxygen atoms in total. The Morgan fingerprint density at radius 1 is 1.35 bits per heavy atom. The zero-order valence-corrected chi connectivity index (χ0v) is 12.9. The largest absolute Gasteiger partial charge is 0.497 e. The zero-order chi connectivity index (χ0) is 16.8. The number of methoxy groups -OCH3 is 1. The smallest absolute Gasteiger partial charge is 0.387 e. The first-order valence-electron chi connectivity index (χ1n) is 7.57. The Morgan fingerprint density at radius 3 is 2.61 bits per heavy atom. The lowest BCUT2D eigenvalue weighted by Crippen LogP contribution is -2.34. The minimum atomic E-state index is -2.88. The summed E-state index contributed by atoms with van der Waals surface area (Å²) in [4.78, 5) is 10.9. The summed E-state index contributed by atoms with van der Waals surface area (Å²) in [6.07, 6.45) is 2.77. The van der Waals surface area contributed by atoms with Crippen LogP contribution in [0, 0.1) is 5.92 Å². The number of alkyl halides is 2. The maximum atomic E-state index is 12.5. The lowest BCUT2D eigenvalue weighted by Gasteiger charge is -2.27. The normalized spacial score (nSPS) is 21.2. The number of carboxylic acids is 1. The van der Waals surface area contributed by atoms with E-state index in [1.165, 1.54) is 13.2 Å². The highest BCUT2D eigenvalue weighted by Crippen LogP contribution is 2.28. The Labute approximate surface area is 133 Å². The van der Waals surface area contributed by atoms with E-state index < -0.39 is 12.6 Å². The zero-order valence-electron chi connectivity index (χ0n) is 12.9. The van der Waals surface area contributed by atoms with Crippen LogP contribution in [0.15, 0.2) is 18.2 Å². The molecule has 7 heteroatoms. The maximum Gasteiger partial charge on any atom is 0.387 e. The summed E-state index contributed by atoms with van der Waals surface area (Å²) in [5.74, 6) is -0.336. The first-order valence-corrected chi connectivity index (χ1v) is 7.57. The van der Waals surface area contributed by atoms with Crippen LogP contribution >= 0.6 is 0 Å². The van der Waals surface area contributed by atoms with Gasteiger partial charge in [-0.25, -0.2) is 0 Å². The molecular weight excluding hydrogens is 308 g/mol. The summed E-state index contributed by atoms with van der Waals surface area (Å²) in [5, 5.41) is 12.3. The molecule has 0 bridgehead atoms. The second-order valence-corrected chi connectivity index (χ2v) is 5.62. The van der Waals surface area contributed by atoms with Gasteiger partial charge in [0.2, 0.25) is 0 Å². The minimum absolute atomic E-state index is 0.118. The van der Waals surface area contributed by atoms with Gasteiger partial charge in [-0.1, -0.05) is 0 Å². The van der Waals surface area contributed by atoms with E-state index in [1.807, 2.05) is 0 Å². The van der Waals surface area contributed by atoms with Crippen molar-refractivity contribution >= 4 is 5.97 Å². The van der Waals surface area contributed by atoms with Gasteiger partial charge in [0, 0.05) is 18.2 Å². The average Bonchev–Trinajstić information content (AvgIpc) is 2.53. The summed E-state index contributed by atoms with van der Waals surface area (Å²) >= 11 is 0. The highest BCUT2D eigenvalue weighted by Gasteiger charge is 2.25. The summed E-state index contributed by atoms with van der Waals surface area (Å²) in [7, 11) is 1.51. The van der Waals surface area contributed by atoms with Crippen LogP contribution in [0.25, 0.3) is 0 Å². The Bertz CT molecular complexity index is 531. The van der Waals surface area contributed by atoms with Crippen LogP contribution in [0.2, 0.25) is 0 Å². The number of carbonyl (C=O) groups is 1. The van der Waals surface area contributed by atoms with Crippen molar-refractivity contribution in [3.05, 3.63) is 23.8 Å². The SMILES string of the molecule is COc1ccc(OC(F)F)c(CNC2CCC(C(=O)O)CC2)c1. The molecule has 1 aromatic rings. The molecule has 0 aromatic heterocycles. The fourth-order valence-electron chi connectivity index (χ4n) is 2.83. The first kappa shape index (κ1) is 17.5. The third-order valence-corrected chi connectivity index (χ3v) is 4.14. The van der Waals surface area contributed by atoms with Gasteiger partial charge >= 0.3 is 12.6 Å². The van der Waals surface area contributed by atoms with Crippen LogP contribution in [0.1, 0.15) is 31.2 Å². The highest BCUT2D eigenvalue weighted by molar-refractivity contribution is 5.70. The molecule has 1 fully saturated rings. The summed E-state index contributed by atoms with van der Waals surface area (Å²) in [6.45, 7) is -2.52. The summed E-state index contributed by atoms with van der Waals surface area (Å²) in [5.41, 5.74) is 0.588. The Morgan fingerprint density at radius 2 is 2.04 bits per heavy atom. The molecule has 0 saturated heterocycles. The number of ether oxygens (including phenoxy) is 2. The van der Waals surface area contributed by atoms with E-state index in [2.05, 4.69) is 10.1 Å². The van der Waals surface area contributed by atoms with Crippen molar-refractivity contribution in [2.75, 3.05) is 7.11 Å². The molecule has 0 amide bonds. The molecule has 0 atom stereocenters. The second kappa shape index (κ2) is 8.10. The molecular formula is C16H21F2NO4. The monoisotopic (exact) mass is 329 g/mol. The van der Waals surface area contributed by atoms with Gasteiger partial charge in [0.25, 0.3) is 0 Å². The molecule has 0 aliphatic heterocycles. The molecule has 0 unspecified atom stereocenters. The van der Waals surface area contributed by atoms with E-state index in [-0.39, 0.29) is 17.7 Å². The van der Waals surface area contributed by atoms with Crippen LogP contribution in [0.5, 0.6) is 11.5 Å². The number of benzene rings is 1. The topological polar surface area (TPSA) is 67.8 Å². The number of hydrogen-bond acceptors (Lipinski definition) is 4. The predicted molar refractivity (Wildman–Crippen MR) is 79.8 cm³/mol. The van der Waals surface area contributed by atoms with E-state index >= 15 is 0 Å². The summed E-state index contributed by atoms with van der Waals surface area (Å²) < 4.78 is 34.6. The van der Waals surface area contributed by atoms with Crippen LogP contribution in [-0.2, 0) is 11.3 Å². The van der Waals surface area contributed by atoms with Crippen molar-refractivity contribution in [2.45, 2.75) is 44.9 Å². The maximum absolute atomic E-state index is 12.5. The number of nitrogens with one attached hydrogen (secondary N) is 1. The van der Waals surface area contributed by atoms with Gasteiger partial charge < -0.3 is 19.9 Å². The van der Waals surface area contributed by atoms with Crippen molar-refractivity contribution in [3.8, 4) is 11.5 Å². The second-order valence-electron chi connectivity index (χ2n) is 5.62. The van der Waals surface area contributed by atoms with E-state index in [4.69, 9.17) is 9.84 Å². The van der Waals surface area contributed by atoms with Crippen molar-refractivity contribution in [1.29, 1.82) is 0 Å². The molecule has 2 rings (SSSR count). The average molecular weight is 329 g/mol. The Hall–Kier alpha value is -1.89. The predicted octanol–water partition coefficient (Wildman–Crippen LogP) is 3.03. The van der Waals surface area contributed by atoms with Crippen LogP contribution in [0.4, 0.5) is 8.78 Å². The molecule has 1 aliphatic rings. The van der Waals surface area contributed by atoms with Crippen molar-refractivity contribution in [2.24, 2.45) is 5.92 Å². The number of rotatable bonds is 7. The van der Waals surface area contributed by atoms with Gasteiger partial charge in [-0.2, -0.15) is 8.78 Å². The number of hydrogen-bond donors (Lipinski definition) is 2. The quantitative estimate of drug-likeness (QED) is 0.805. The van der Waals surface area contributed by atoms with Gasteiger partial charge in [-0.3, -0.25) is 4.79 Å². The van der Waals surface area contributed by atoms with Crippen LogP contribution in [0.3, 0.4) is 0 Å². The minimum Gasteiger partial charge on any atom is -0.497 e. The third kappa shape index (κ3) is 5.06. The highest BCUT2D eigenvalue weighted by atomic mass is 19.3. The van der Waals surface area contributed by atoms with Gasteiger partial charge in [0.15, 0.2) is 0 Å². The Kier molecular flexibility index (Phi) is 6.15. The molecule has 1 aromatic carbocycles. The molecule has 2 N–H and O–H groups in total. The van der Waals surface area contributed by atoms with Gasteiger partial charge in [0.1, 0.15) is 11.5 Å². The molecule has 0 radical (unpaired) electrons. The standard InChI is InChI=1S/C16H21F2NO4/c1-22-13-6-7-14(23-16(17)18)11(8-13)9-19-12-4-2-10(3-5-12)15(20)21/h6-8,10,12,16,19H,2-5,9H2,1H3,(H,20,21). The number of carboxylic acid groups (broad SMARTS) is 1. The van der Waals surface area contributed by atoms with Crippen LogP contribution < -0.4 is 14.8 Å². The number of aliphatic carboxylic acids is 1. The third-order valence-electron chi connectivity index (χ3n) is 4.14. The lowest BCUT2D eigenvalue weighted by molar-refractivity contribution is -0.142. The molecule has 23 heavy (non-hydrogen) atoms. The lowest BCUT2D eigenvalue weighted by atomic mass is 9.86. The molecule has 0 heterocycles. The molecule has 0 spiro atoms. The van der Waals surface area contributed by atoms with Gasteiger partial charge in [0.05, 0.1) is 13.0 Å². The fourth-order valence-corrected chi connectivity index (χ4v) is 2.83. The number of halogens is 2. The van der Waals surface area contributed by atoms with E-state index in [1.54, 1.807) is 12.1 Å². The van der Waals surface area contributed by atoms with Crippen LogP contribution in [-0.4, -0.2) is 30.8 Å². The van der Waals surface area contributed by atoms with Crippen molar-refractivity contribution in [3.63, 3.8) is 0 Å². The van der Waals surface area contributed by atoms with Gasteiger partial charge in [-0.05, 0) is 43.9 Å². The fraction of sp³-hybridized carbons (Fsp3) is 0.562. The molecule has 1 saturated carbocycles.